The third-order valence-corrected chi connectivity index (χ3v) is 11.4. The van der Waals surface area contributed by atoms with Crippen molar-refractivity contribution in [2.45, 2.75) is 77.2 Å². The van der Waals surface area contributed by atoms with Crippen molar-refractivity contribution in [2.24, 2.45) is 0 Å². The van der Waals surface area contributed by atoms with E-state index in [-0.39, 0.29) is 74.5 Å². The Kier molecular flexibility index (Phi) is 12.6. The van der Waals surface area contributed by atoms with E-state index < -0.39 is 47.2 Å². The lowest BCUT2D eigenvalue weighted by Crippen LogP contribution is -2.52. The number of hydrogen-bond acceptors (Lipinski definition) is 10. The molecular weight excluding hydrogens is 818 g/mol. The average molecular weight is 858 g/mol. The molecule has 62 heavy (non-hydrogen) atoms. The minimum atomic E-state index is -0.786. The number of rotatable bonds is 11. The zero-order valence-electron chi connectivity index (χ0n) is 33.5. The maximum absolute atomic E-state index is 12.8. The van der Waals surface area contributed by atoms with Crippen molar-refractivity contribution < 1.29 is 47.9 Å². The molecule has 4 aromatic rings. The Bertz CT molecular complexity index is 2590. The zero-order valence-corrected chi connectivity index (χ0v) is 34.2. The van der Waals surface area contributed by atoms with Crippen LogP contribution in [-0.4, -0.2) is 80.6 Å². The van der Waals surface area contributed by atoms with Gasteiger partial charge in [0.05, 0.1) is 0 Å². The summed E-state index contributed by atoms with van der Waals surface area (Å²) in [5.41, 5.74) is 5.54. The van der Waals surface area contributed by atoms with E-state index in [0.717, 1.165) is 16.7 Å². The van der Waals surface area contributed by atoms with Crippen molar-refractivity contribution in [2.75, 3.05) is 0 Å². The van der Waals surface area contributed by atoms with Gasteiger partial charge in [-0.15, -0.1) is 0 Å². The van der Waals surface area contributed by atoms with E-state index >= 15 is 0 Å². The number of hydrogen-bond donors (Lipinski definition) is 3. The fraction of sp³-hybridized carbons (Fsp3) is 0.261. The number of halogens is 1. The summed E-state index contributed by atoms with van der Waals surface area (Å²) < 4.78 is 0. The highest BCUT2D eigenvalue weighted by Crippen LogP contribution is 2.31. The smallest absolute Gasteiger partial charge is 0.292 e. The minimum Gasteiger partial charge on any atom is -0.345 e. The zero-order chi connectivity index (χ0) is 44.2. The summed E-state index contributed by atoms with van der Waals surface area (Å²) in [5.74, 6) is -4.59. The van der Waals surface area contributed by atoms with Gasteiger partial charge in [-0.3, -0.25) is 58.6 Å². The number of piperidine rings is 2. The first-order chi connectivity index (χ1) is 29.7. The van der Waals surface area contributed by atoms with E-state index in [4.69, 9.17) is 11.6 Å². The number of imide groups is 2. The maximum atomic E-state index is 12.8. The van der Waals surface area contributed by atoms with Crippen LogP contribution in [0.2, 0.25) is 5.02 Å². The van der Waals surface area contributed by atoms with Crippen molar-refractivity contribution in [1.82, 2.24) is 25.8 Å². The highest BCUT2D eigenvalue weighted by Gasteiger charge is 2.41. The molecule has 4 aromatic carbocycles. The van der Waals surface area contributed by atoms with Crippen LogP contribution in [0.1, 0.15) is 101 Å². The van der Waals surface area contributed by atoms with Gasteiger partial charge in [0.15, 0.2) is 0 Å². The predicted molar refractivity (Wildman–Crippen MR) is 221 cm³/mol. The van der Waals surface area contributed by atoms with Gasteiger partial charge in [-0.1, -0.05) is 77.8 Å². The van der Waals surface area contributed by atoms with Crippen LogP contribution in [0.5, 0.6) is 0 Å². The van der Waals surface area contributed by atoms with Gasteiger partial charge < -0.3 is 15.1 Å². The SMILES string of the molecule is Cc1ccc(C(=O)C(=O)CCc2ccc3c(c2)CN(C2CCC(=O)NC2=O)C3=O)cc1.O=C1CCC(N2Cc3c(CNC(=O)C(=O)c4cccc(Cl)c4)cccc3C2=O)C(=O)N1. The Balaban J connectivity index is 0.000000186. The van der Waals surface area contributed by atoms with Gasteiger partial charge in [-0.25, -0.2) is 0 Å². The predicted octanol–water partition coefficient (Wildman–Crippen LogP) is 3.74. The topological polar surface area (TPSA) is 213 Å². The second kappa shape index (κ2) is 18.2. The molecule has 16 heteroatoms. The molecule has 8 rings (SSSR count). The lowest BCUT2D eigenvalue weighted by Gasteiger charge is -2.29. The molecule has 4 heterocycles. The van der Waals surface area contributed by atoms with Crippen LogP contribution in [0.4, 0.5) is 0 Å². The van der Waals surface area contributed by atoms with E-state index in [1.54, 1.807) is 66.7 Å². The normalized spacial score (nSPS) is 18.0. The Morgan fingerprint density at radius 1 is 0.694 bits per heavy atom. The largest absolute Gasteiger partial charge is 0.345 e. The van der Waals surface area contributed by atoms with Crippen molar-refractivity contribution in [1.29, 1.82) is 0 Å². The van der Waals surface area contributed by atoms with Crippen LogP contribution in [0.25, 0.3) is 0 Å². The third-order valence-electron chi connectivity index (χ3n) is 11.2. The van der Waals surface area contributed by atoms with Crippen LogP contribution < -0.4 is 16.0 Å². The van der Waals surface area contributed by atoms with Gasteiger partial charge in [0.25, 0.3) is 17.7 Å². The van der Waals surface area contributed by atoms with Crippen molar-refractivity contribution in [3.63, 3.8) is 0 Å². The lowest BCUT2D eigenvalue weighted by molar-refractivity contribution is -0.138. The van der Waals surface area contributed by atoms with Crippen LogP contribution in [0, 0.1) is 6.92 Å². The number of nitrogens with zero attached hydrogens (tertiary/aromatic N) is 2. The molecule has 0 radical (unpaired) electrons. The molecule has 0 spiro atoms. The molecule has 7 amide bonds. The molecule has 4 aliphatic rings. The monoisotopic (exact) mass is 857 g/mol. The summed E-state index contributed by atoms with van der Waals surface area (Å²) in [6.45, 7) is 2.43. The molecule has 2 unspecified atom stereocenters. The van der Waals surface area contributed by atoms with Crippen molar-refractivity contribution in [3.8, 4) is 0 Å². The first-order valence-corrected chi connectivity index (χ1v) is 20.3. The number of carbonyl (C=O) groups is 10. The summed E-state index contributed by atoms with van der Waals surface area (Å²) >= 11 is 5.87. The van der Waals surface area contributed by atoms with E-state index in [0.29, 0.717) is 45.7 Å². The summed E-state index contributed by atoms with van der Waals surface area (Å²) in [6.07, 6.45) is 1.42. The molecule has 2 atom stereocenters. The maximum Gasteiger partial charge on any atom is 0.292 e. The molecule has 2 fully saturated rings. The summed E-state index contributed by atoms with van der Waals surface area (Å²) in [4.78, 5) is 125. The second-order valence-corrected chi connectivity index (χ2v) is 15.8. The Morgan fingerprint density at radius 2 is 1.32 bits per heavy atom. The van der Waals surface area contributed by atoms with E-state index in [1.807, 2.05) is 13.0 Å². The number of benzene rings is 4. The van der Waals surface area contributed by atoms with E-state index in [1.165, 1.54) is 21.9 Å². The average Bonchev–Trinajstić information content (AvgIpc) is 3.77. The Morgan fingerprint density at radius 3 is 1.97 bits per heavy atom. The van der Waals surface area contributed by atoms with Gasteiger partial charge in [0.2, 0.25) is 41.0 Å². The number of Topliss-reactive ketones (excluding diaryl/α,β-unsaturated/α-hetero) is 3. The molecule has 0 saturated carbocycles. The van der Waals surface area contributed by atoms with Crippen LogP contribution in [0.3, 0.4) is 0 Å². The Hall–Kier alpha value is -7.13. The molecule has 0 aliphatic carbocycles. The van der Waals surface area contributed by atoms with Gasteiger partial charge >= 0.3 is 0 Å². The molecular formula is C46H40ClN5O10. The first-order valence-electron chi connectivity index (χ1n) is 19.9. The van der Waals surface area contributed by atoms with Crippen molar-refractivity contribution in [3.05, 3.63) is 140 Å². The Labute approximate surface area is 360 Å². The lowest BCUT2D eigenvalue weighted by atomic mass is 9.98. The van der Waals surface area contributed by atoms with E-state index in [9.17, 15) is 47.9 Å². The van der Waals surface area contributed by atoms with Gasteiger partial charge in [-0.05, 0) is 72.7 Å². The fourth-order valence-electron chi connectivity index (χ4n) is 7.85. The molecule has 316 valence electrons. The van der Waals surface area contributed by atoms with Crippen molar-refractivity contribution >= 4 is 70.3 Å². The standard InChI is InChI=1S/C24H22N2O5.C22H18ClN3O5/c1-14-2-6-16(7-3-14)22(29)20(27)10-5-15-4-8-18-17(12-15)13-26(24(18)31)19-9-11-21(28)25-23(19)30;23-14-5-1-3-12(9-14)19(28)21(30)24-10-13-4-2-6-15-16(13)11-26(22(15)31)17-7-8-18(27)25-20(17)29/h2-4,6-8,12,19H,5,9-11,13H2,1H3,(H,25,28,30);1-6,9,17H,7-8,10-11H2,(H,24,30)(H,25,27,29). The van der Waals surface area contributed by atoms with Gasteiger partial charge in [0.1, 0.15) is 12.1 Å². The minimum absolute atomic E-state index is 0.0464. The number of aryl methyl sites for hydroxylation is 2. The highest BCUT2D eigenvalue weighted by atomic mass is 35.5. The molecule has 2 saturated heterocycles. The van der Waals surface area contributed by atoms with E-state index in [2.05, 4.69) is 16.0 Å². The van der Waals surface area contributed by atoms with Crippen LogP contribution in [0.15, 0.2) is 84.9 Å². The quantitative estimate of drug-likeness (QED) is 0.113. The first kappa shape index (κ1) is 43.0. The van der Waals surface area contributed by atoms with Gasteiger partial charge in [0, 0.05) is 66.2 Å². The number of carbonyl (C=O) groups excluding carboxylic acids is 10. The third kappa shape index (κ3) is 9.27. The van der Waals surface area contributed by atoms with Crippen LogP contribution in [-0.2, 0) is 54.8 Å². The summed E-state index contributed by atoms with van der Waals surface area (Å²) in [6, 6.07) is 22.1. The molecule has 4 aliphatic heterocycles. The molecule has 0 aromatic heterocycles. The molecule has 15 nitrogen and oxygen atoms in total. The highest BCUT2D eigenvalue weighted by molar-refractivity contribution is 6.44. The molecule has 0 bridgehead atoms. The molecule has 3 N–H and O–H groups in total. The second-order valence-electron chi connectivity index (χ2n) is 15.4. The van der Waals surface area contributed by atoms with Crippen LogP contribution >= 0.6 is 11.6 Å². The summed E-state index contributed by atoms with van der Waals surface area (Å²) in [5, 5.41) is 7.49. The fourth-order valence-corrected chi connectivity index (χ4v) is 8.04. The van der Waals surface area contributed by atoms with Gasteiger partial charge in [-0.2, -0.15) is 0 Å². The number of fused-ring (bicyclic) bond motifs is 2. The number of nitrogens with one attached hydrogen (secondary N) is 3. The summed E-state index contributed by atoms with van der Waals surface area (Å²) in [7, 11) is 0. The number of amides is 7. The number of ketones is 3.